The first-order chi connectivity index (χ1) is 7.86. The van der Waals surface area contributed by atoms with Crippen LogP contribution in [0.3, 0.4) is 0 Å². The average Bonchev–Trinajstić information content (AvgIpc) is 2.27. The first-order valence-corrected chi connectivity index (χ1v) is 5.20. The molecule has 0 aliphatic rings. The van der Waals surface area contributed by atoms with E-state index < -0.39 is 11.4 Å². The third-order valence-electron chi connectivity index (χ3n) is 2.16. The van der Waals surface area contributed by atoms with Crippen LogP contribution in [-0.4, -0.2) is 24.0 Å². The Hall–Kier alpha value is -1.91. The maximum absolute atomic E-state index is 11.8. The maximum Gasteiger partial charge on any atom is 0.340 e. The van der Waals surface area contributed by atoms with Crippen molar-refractivity contribution in [3.8, 4) is 0 Å². The predicted molar refractivity (Wildman–Crippen MR) is 63.7 cm³/mol. The monoisotopic (exact) mass is 236 g/mol. The van der Waals surface area contributed by atoms with Gasteiger partial charge in [-0.25, -0.2) is 4.79 Å². The second kappa shape index (κ2) is 4.95. The molecule has 5 nitrogen and oxygen atoms in total. The van der Waals surface area contributed by atoms with Gasteiger partial charge in [-0.3, -0.25) is 9.78 Å². The summed E-state index contributed by atoms with van der Waals surface area (Å²) in [7, 11) is 1.29. The first kappa shape index (κ1) is 13.2. The summed E-state index contributed by atoms with van der Waals surface area (Å²) < 4.78 is 4.63. The van der Waals surface area contributed by atoms with Gasteiger partial charge >= 0.3 is 5.97 Å². The van der Waals surface area contributed by atoms with Crippen LogP contribution in [0.15, 0.2) is 18.5 Å². The van der Waals surface area contributed by atoms with E-state index >= 15 is 0 Å². The molecule has 0 aromatic carbocycles. The van der Waals surface area contributed by atoms with Crippen molar-refractivity contribution in [3.63, 3.8) is 0 Å². The van der Waals surface area contributed by atoms with Crippen LogP contribution in [0.4, 0.5) is 5.69 Å². The van der Waals surface area contributed by atoms with E-state index in [1.165, 1.54) is 25.6 Å². The third kappa shape index (κ3) is 3.27. The Morgan fingerprint density at radius 2 is 2.00 bits per heavy atom. The number of hydrogen-bond acceptors (Lipinski definition) is 4. The summed E-state index contributed by atoms with van der Waals surface area (Å²) in [6.07, 6.45) is 2.90. The number of nitrogens with zero attached hydrogens (tertiary/aromatic N) is 1. The molecule has 0 spiro atoms. The molecule has 17 heavy (non-hydrogen) atoms. The zero-order chi connectivity index (χ0) is 13.1. The normalized spacial score (nSPS) is 10.8. The van der Waals surface area contributed by atoms with Gasteiger partial charge in [-0.05, 0) is 6.07 Å². The van der Waals surface area contributed by atoms with Crippen molar-refractivity contribution in [3.05, 3.63) is 24.0 Å². The zero-order valence-corrected chi connectivity index (χ0v) is 10.4. The van der Waals surface area contributed by atoms with E-state index in [-0.39, 0.29) is 5.91 Å². The quantitative estimate of drug-likeness (QED) is 0.796. The highest BCUT2D eigenvalue weighted by Crippen LogP contribution is 2.20. The fourth-order valence-electron chi connectivity index (χ4n) is 1.09. The molecule has 1 aromatic heterocycles. The second-order valence-electron chi connectivity index (χ2n) is 4.62. The molecule has 1 heterocycles. The van der Waals surface area contributed by atoms with Crippen molar-refractivity contribution in [2.24, 2.45) is 5.41 Å². The zero-order valence-electron chi connectivity index (χ0n) is 10.4. The summed E-state index contributed by atoms with van der Waals surface area (Å²) >= 11 is 0. The Kier molecular flexibility index (Phi) is 3.83. The molecule has 1 aromatic rings. The fourth-order valence-corrected chi connectivity index (χ4v) is 1.09. The van der Waals surface area contributed by atoms with Crippen LogP contribution in [0.2, 0.25) is 0 Å². The molecule has 0 aliphatic heterocycles. The molecule has 1 rings (SSSR count). The van der Waals surface area contributed by atoms with Crippen molar-refractivity contribution in [2.75, 3.05) is 12.4 Å². The van der Waals surface area contributed by atoms with Gasteiger partial charge in [0.15, 0.2) is 0 Å². The molecule has 92 valence electrons. The van der Waals surface area contributed by atoms with Crippen LogP contribution in [0.5, 0.6) is 0 Å². The number of esters is 1. The molecular weight excluding hydrogens is 220 g/mol. The number of rotatable bonds is 2. The Bertz CT molecular complexity index is 436. The lowest BCUT2D eigenvalue weighted by Gasteiger charge is -2.18. The molecule has 5 heteroatoms. The molecule has 0 atom stereocenters. The Labute approximate surface area is 100 Å². The SMILES string of the molecule is COC(=O)c1ccncc1NC(=O)C(C)(C)C. The third-order valence-corrected chi connectivity index (χ3v) is 2.16. The highest BCUT2D eigenvalue weighted by molar-refractivity contribution is 6.02. The van der Waals surface area contributed by atoms with Crippen molar-refractivity contribution < 1.29 is 14.3 Å². The van der Waals surface area contributed by atoms with Gasteiger partial charge in [0.1, 0.15) is 0 Å². The Balaban J connectivity index is 2.99. The van der Waals surface area contributed by atoms with Gasteiger partial charge in [-0.2, -0.15) is 0 Å². The van der Waals surface area contributed by atoms with E-state index in [1.807, 2.05) is 0 Å². The van der Waals surface area contributed by atoms with Crippen LogP contribution < -0.4 is 5.32 Å². The van der Waals surface area contributed by atoms with Gasteiger partial charge in [0.25, 0.3) is 0 Å². The first-order valence-electron chi connectivity index (χ1n) is 5.20. The van der Waals surface area contributed by atoms with Gasteiger partial charge in [-0.15, -0.1) is 0 Å². The molecule has 0 fully saturated rings. The fraction of sp³-hybridized carbons (Fsp3) is 0.417. The number of hydrogen-bond donors (Lipinski definition) is 1. The van der Waals surface area contributed by atoms with Gasteiger partial charge in [-0.1, -0.05) is 20.8 Å². The number of amides is 1. The Morgan fingerprint density at radius 3 is 2.53 bits per heavy atom. The van der Waals surface area contributed by atoms with Crippen LogP contribution in [0, 0.1) is 5.41 Å². The number of nitrogens with one attached hydrogen (secondary N) is 1. The number of anilines is 1. The Morgan fingerprint density at radius 1 is 1.35 bits per heavy atom. The summed E-state index contributed by atoms with van der Waals surface area (Å²) in [5.74, 6) is -0.688. The van der Waals surface area contributed by atoms with Crippen LogP contribution in [0.1, 0.15) is 31.1 Å². The van der Waals surface area contributed by atoms with Gasteiger partial charge in [0.2, 0.25) is 5.91 Å². The van der Waals surface area contributed by atoms with E-state index in [9.17, 15) is 9.59 Å². The number of aromatic nitrogens is 1. The highest BCUT2D eigenvalue weighted by Gasteiger charge is 2.23. The van der Waals surface area contributed by atoms with Gasteiger partial charge in [0, 0.05) is 11.6 Å². The standard InChI is InChI=1S/C12H16N2O3/c1-12(2,3)11(16)14-9-7-13-6-5-8(9)10(15)17-4/h5-7H,1-4H3,(H,14,16). The van der Waals surface area contributed by atoms with Crippen LogP contribution in [0.25, 0.3) is 0 Å². The molecule has 0 unspecified atom stereocenters. The number of carbonyl (C=O) groups excluding carboxylic acids is 2. The highest BCUT2D eigenvalue weighted by atomic mass is 16.5. The largest absolute Gasteiger partial charge is 0.465 e. The van der Waals surface area contributed by atoms with E-state index in [0.29, 0.717) is 11.3 Å². The smallest absolute Gasteiger partial charge is 0.340 e. The molecule has 1 amide bonds. The van der Waals surface area contributed by atoms with Crippen molar-refractivity contribution in [1.82, 2.24) is 4.98 Å². The number of carbonyl (C=O) groups is 2. The lowest BCUT2D eigenvalue weighted by Crippen LogP contribution is -2.28. The summed E-state index contributed by atoms with van der Waals surface area (Å²) in [5, 5.41) is 2.66. The summed E-state index contributed by atoms with van der Waals surface area (Å²) in [6.45, 7) is 5.36. The van der Waals surface area contributed by atoms with Gasteiger partial charge < -0.3 is 10.1 Å². The number of ether oxygens (including phenoxy) is 1. The molecule has 1 N–H and O–H groups in total. The molecule has 0 saturated heterocycles. The van der Waals surface area contributed by atoms with E-state index in [0.717, 1.165) is 0 Å². The summed E-state index contributed by atoms with van der Waals surface area (Å²) in [4.78, 5) is 27.1. The van der Waals surface area contributed by atoms with E-state index in [4.69, 9.17) is 0 Å². The van der Waals surface area contributed by atoms with E-state index in [2.05, 4.69) is 15.0 Å². The van der Waals surface area contributed by atoms with Crippen molar-refractivity contribution in [1.29, 1.82) is 0 Å². The summed E-state index contributed by atoms with van der Waals surface area (Å²) in [6, 6.07) is 1.50. The molecule has 0 radical (unpaired) electrons. The van der Waals surface area contributed by atoms with Crippen LogP contribution in [-0.2, 0) is 9.53 Å². The van der Waals surface area contributed by atoms with Crippen molar-refractivity contribution >= 4 is 17.6 Å². The lowest BCUT2D eigenvalue weighted by atomic mass is 9.95. The molecule has 0 bridgehead atoms. The van der Waals surface area contributed by atoms with E-state index in [1.54, 1.807) is 20.8 Å². The number of pyridine rings is 1. The summed E-state index contributed by atoms with van der Waals surface area (Å²) in [5.41, 5.74) is 0.114. The molecular formula is C12H16N2O3. The van der Waals surface area contributed by atoms with Crippen LogP contribution >= 0.6 is 0 Å². The minimum Gasteiger partial charge on any atom is -0.465 e. The number of methoxy groups -OCH3 is 1. The maximum atomic E-state index is 11.8. The lowest BCUT2D eigenvalue weighted by molar-refractivity contribution is -0.123. The van der Waals surface area contributed by atoms with Gasteiger partial charge in [0.05, 0.1) is 24.6 Å². The second-order valence-corrected chi connectivity index (χ2v) is 4.62. The predicted octanol–water partition coefficient (Wildman–Crippen LogP) is 1.85. The van der Waals surface area contributed by atoms with Crippen molar-refractivity contribution in [2.45, 2.75) is 20.8 Å². The minimum atomic E-state index is -0.538. The molecule has 0 saturated carbocycles. The molecule has 0 aliphatic carbocycles. The topological polar surface area (TPSA) is 68.3 Å². The minimum absolute atomic E-state index is 0.185. The average molecular weight is 236 g/mol.